The van der Waals surface area contributed by atoms with Crippen LogP contribution in [0.2, 0.25) is 0 Å². The molecular weight excluding hydrogens is 521 g/mol. The molecule has 0 amide bonds. The number of hydrogen-bond donors (Lipinski definition) is 0. The summed E-state index contributed by atoms with van der Waals surface area (Å²) in [7, 11) is -1.17. The van der Waals surface area contributed by atoms with E-state index in [1.54, 1.807) is 0 Å². The van der Waals surface area contributed by atoms with E-state index in [-0.39, 0.29) is 29.5 Å². The highest BCUT2D eigenvalue weighted by atomic mass is 31.2. The van der Waals surface area contributed by atoms with Crippen LogP contribution >= 0.6 is 7.29 Å². The van der Waals surface area contributed by atoms with Crippen LogP contribution in [0.3, 0.4) is 0 Å². The van der Waals surface area contributed by atoms with E-state index in [2.05, 4.69) is 129 Å². The molecule has 4 heteroatoms. The third-order valence-corrected chi connectivity index (χ3v) is 15.5. The summed E-state index contributed by atoms with van der Waals surface area (Å²) >= 11 is 0. The van der Waals surface area contributed by atoms with Crippen LogP contribution < -0.4 is 0 Å². The molecule has 4 aliphatic rings. The maximum Gasteiger partial charge on any atom is 0.169 e. The number of benzene rings is 3. The summed E-state index contributed by atoms with van der Waals surface area (Å²) in [6, 6.07) is 27.9. The van der Waals surface area contributed by atoms with Crippen molar-refractivity contribution in [3.05, 3.63) is 119 Å². The Bertz CT molecular complexity index is 1590. The summed E-state index contributed by atoms with van der Waals surface area (Å²) < 4.78 is 19.5. The van der Waals surface area contributed by atoms with E-state index in [1.807, 2.05) is 0 Å². The quantitative estimate of drug-likeness (QED) is 0.291. The molecule has 210 valence electrons. The van der Waals surface area contributed by atoms with Gasteiger partial charge in [-0.15, -0.1) is 0 Å². The highest BCUT2D eigenvalue weighted by molar-refractivity contribution is 7.63. The minimum absolute atomic E-state index is 0.00202. The van der Waals surface area contributed by atoms with Crippen LogP contribution in [0.4, 0.5) is 0 Å². The van der Waals surface area contributed by atoms with Crippen LogP contribution in [0.1, 0.15) is 79.0 Å². The fourth-order valence-corrected chi connectivity index (χ4v) is 14.5. The van der Waals surface area contributed by atoms with Crippen molar-refractivity contribution in [2.24, 2.45) is 23.7 Å². The second kappa shape index (κ2) is 10.1. The monoisotopic (exact) mass is 561 g/mol. The van der Waals surface area contributed by atoms with E-state index in [1.165, 1.54) is 22.3 Å². The first-order chi connectivity index (χ1) is 19.9. The van der Waals surface area contributed by atoms with E-state index in [0.717, 1.165) is 18.4 Å². The molecule has 7 rings (SSSR count). The standard InChI is InChI=1S/C37H40NO2P/c1-4-25(2)31-22-18-26-12-8-10-16-32(26)36(31)41(40)37(29-20-21-30(39)24-29)33-17-11-9-13-27(33)19-23-34(37)35(38(41)3)28-14-6-5-7-15-28/h5-19,22-23,25,29,31,34-36H,4,20-21,24H2,1-3H3/t25?,29-,31+,34-,35+,36-,37-,41?/m0/s1. The van der Waals surface area contributed by atoms with Gasteiger partial charge in [0.1, 0.15) is 5.78 Å². The van der Waals surface area contributed by atoms with Crippen molar-refractivity contribution in [2.45, 2.75) is 56.4 Å². The number of carbonyl (C=O) groups is 1. The molecule has 3 aliphatic carbocycles. The van der Waals surface area contributed by atoms with Crippen LogP contribution in [0.15, 0.2) is 91.0 Å². The normalized spacial score (nSPS) is 34.7. The number of allylic oxidation sites excluding steroid dienone is 1. The van der Waals surface area contributed by atoms with Gasteiger partial charge in [0.25, 0.3) is 0 Å². The molecule has 41 heavy (non-hydrogen) atoms. The van der Waals surface area contributed by atoms with Gasteiger partial charge >= 0.3 is 0 Å². The summed E-state index contributed by atoms with van der Waals surface area (Å²) in [6.07, 6.45) is 12.2. The molecule has 0 radical (unpaired) electrons. The van der Waals surface area contributed by atoms with Crippen LogP contribution in [-0.2, 0) is 14.5 Å². The molecule has 2 fully saturated rings. The van der Waals surface area contributed by atoms with Gasteiger partial charge in [-0.1, -0.05) is 123 Å². The smallest absolute Gasteiger partial charge is 0.169 e. The Kier molecular flexibility index (Phi) is 6.60. The molecule has 0 bridgehead atoms. The first-order valence-corrected chi connectivity index (χ1v) is 17.1. The van der Waals surface area contributed by atoms with Gasteiger partial charge in [-0.3, -0.25) is 4.79 Å². The SMILES string of the molecule is CCC(C)[C@H]1C=Cc2ccccc2[C@H]1P1(=O)N(C)[C@H](c2ccccc2)[C@@H]2C=Cc3ccccc3[C@@]21[C@H]1CCC(=O)C1. The Morgan fingerprint density at radius 3 is 2.34 bits per heavy atom. The minimum Gasteiger partial charge on any atom is -0.305 e. The summed E-state index contributed by atoms with van der Waals surface area (Å²) in [6.45, 7) is 4.58. The van der Waals surface area contributed by atoms with E-state index >= 15 is 4.57 Å². The Morgan fingerprint density at radius 2 is 1.61 bits per heavy atom. The lowest BCUT2D eigenvalue weighted by Crippen LogP contribution is -2.43. The number of hydrogen-bond acceptors (Lipinski definition) is 2. The molecule has 8 atom stereocenters. The topological polar surface area (TPSA) is 37.4 Å². The summed E-state index contributed by atoms with van der Waals surface area (Å²) in [5, 5.41) is -0.658. The molecule has 0 aromatic heterocycles. The van der Waals surface area contributed by atoms with Crippen LogP contribution in [0.5, 0.6) is 0 Å². The van der Waals surface area contributed by atoms with Crippen molar-refractivity contribution in [1.29, 1.82) is 0 Å². The Hall–Kier alpha value is -3.00. The third-order valence-electron chi connectivity index (χ3n) is 11.0. The molecule has 1 saturated heterocycles. The molecule has 3 aromatic carbocycles. The second-order valence-corrected chi connectivity index (χ2v) is 15.9. The van der Waals surface area contributed by atoms with Gasteiger partial charge in [-0.05, 0) is 59.0 Å². The molecule has 3 nitrogen and oxygen atoms in total. The molecule has 0 N–H and O–H groups in total. The minimum atomic E-state index is -3.31. The zero-order chi connectivity index (χ0) is 28.4. The Balaban J connectivity index is 1.59. The summed E-state index contributed by atoms with van der Waals surface area (Å²) in [5.41, 5.74) is 5.78. The van der Waals surface area contributed by atoms with Crippen LogP contribution in [0.25, 0.3) is 12.2 Å². The van der Waals surface area contributed by atoms with Crippen molar-refractivity contribution in [2.75, 3.05) is 7.05 Å². The number of nitrogens with zero attached hydrogens (tertiary/aromatic N) is 1. The van der Waals surface area contributed by atoms with E-state index in [9.17, 15) is 4.79 Å². The lowest BCUT2D eigenvalue weighted by atomic mass is 9.67. The van der Waals surface area contributed by atoms with Crippen molar-refractivity contribution in [3.8, 4) is 0 Å². The molecular formula is C37H40NO2P. The van der Waals surface area contributed by atoms with Gasteiger partial charge < -0.3 is 4.57 Å². The summed E-state index contributed by atoms with van der Waals surface area (Å²) in [4.78, 5) is 13.1. The maximum atomic E-state index is 17.2. The predicted molar refractivity (Wildman–Crippen MR) is 169 cm³/mol. The largest absolute Gasteiger partial charge is 0.305 e. The molecule has 0 spiro atoms. The zero-order valence-electron chi connectivity index (χ0n) is 24.3. The first-order valence-electron chi connectivity index (χ1n) is 15.4. The molecule has 3 aromatic rings. The molecule has 1 aliphatic heterocycles. The number of fused-ring (bicyclic) bond motifs is 4. The average molecular weight is 562 g/mol. The fourth-order valence-electron chi connectivity index (χ4n) is 9.05. The third kappa shape index (κ3) is 3.68. The lowest BCUT2D eigenvalue weighted by Gasteiger charge is -2.51. The Labute approximate surface area is 244 Å². The predicted octanol–water partition coefficient (Wildman–Crippen LogP) is 9.29. The zero-order valence-corrected chi connectivity index (χ0v) is 25.2. The van der Waals surface area contributed by atoms with Crippen LogP contribution in [0, 0.1) is 23.7 Å². The fraction of sp³-hybridized carbons (Fsp3) is 0.378. The van der Waals surface area contributed by atoms with Gasteiger partial charge in [0, 0.05) is 24.8 Å². The molecule has 1 heterocycles. The van der Waals surface area contributed by atoms with E-state index < -0.39 is 12.4 Å². The van der Waals surface area contributed by atoms with Crippen LogP contribution in [-0.4, -0.2) is 17.5 Å². The van der Waals surface area contributed by atoms with Gasteiger partial charge in [-0.2, -0.15) is 0 Å². The lowest BCUT2D eigenvalue weighted by molar-refractivity contribution is -0.117. The molecule has 1 saturated carbocycles. The van der Waals surface area contributed by atoms with Gasteiger partial charge in [0.15, 0.2) is 7.29 Å². The van der Waals surface area contributed by atoms with Crippen molar-refractivity contribution >= 4 is 25.2 Å². The highest BCUT2D eigenvalue weighted by Crippen LogP contribution is 2.88. The second-order valence-electron chi connectivity index (χ2n) is 12.7. The van der Waals surface area contributed by atoms with E-state index in [0.29, 0.717) is 24.5 Å². The number of carbonyl (C=O) groups excluding carboxylic acids is 1. The highest BCUT2D eigenvalue weighted by Gasteiger charge is 2.72. The van der Waals surface area contributed by atoms with Gasteiger partial charge in [-0.25, -0.2) is 4.67 Å². The average Bonchev–Trinajstić information content (AvgIpc) is 3.54. The maximum absolute atomic E-state index is 17.2. The Morgan fingerprint density at radius 1 is 0.927 bits per heavy atom. The number of ketones is 1. The first kappa shape index (κ1) is 26.9. The number of Topliss-reactive ketones (excluding diaryl/α,β-unsaturated/α-hetero) is 1. The van der Waals surface area contributed by atoms with Crippen molar-refractivity contribution in [3.63, 3.8) is 0 Å². The van der Waals surface area contributed by atoms with Crippen molar-refractivity contribution < 1.29 is 9.36 Å². The van der Waals surface area contributed by atoms with Gasteiger partial charge in [0.2, 0.25) is 0 Å². The van der Waals surface area contributed by atoms with Crippen molar-refractivity contribution in [1.82, 2.24) is 4.67 Å². The number of rotatable bonds is 5. The van der Waals surface area contributed by atoms with Gasteiger partial charge in [0.05, 0.1) is 10.8 Å². The summed E-state index contributed by atoms with van der Waals surface area (Å²) in [5.74, 6) is 0.862. The van der Waals surface area contributed by atoms with E-state index in [4.69, 9.17) is 0 Å². The molecule has 2 unspecified atom stereocenters.